The highest BCUT2D eigenvalue weighted by atomic mass is 16.2. The largest absolute Gasteiger partial charge is 0.337 e. The van der Waals surface area contributed by atoms with Crippen LogP contribution in [-0.2, 0) is 0 Å². The Hall–Kier alpha value is -3.85. The smallest absolute Gasteiger partial charge is 0.333 e. The zero-order chi connectivity index (χ0) is 23.9. The molecular weight excluding hydrogens is 430 g/mol. The highest BCUT2D eigenvalue weighted by Gasteiger charge is 2.23. The number of anilines is 3. The maximum atomic E-state index is 13.1. The lowest BCUT2D eigenvalue weighted by Crippen LogP contribution is -2.37. The van der Waals surface area contributed by atoms with E-state index in [2.05, 4.69) is 39.0 Å². The van der Waals surface area contributed by atoms with Crippen molar-refractivity contribution in [2.45, 2.75) is 26.3 Å². The fourth-order valence-electron chi connectivity index (χ4n) is 3.96. The molecule has 1 N–H and O–H groups in total. The SMILES string of the molecule is CC(C)N1CCCN(C(=O)c2ccc(NC(=O)N(c3ccccc3)c3ncncn3)cc2)CC1. The molecule has 4 rings (SSSR count). The molecule has 2 heterocycles. The van der Waals surface area contributed by atoms with Gasteiger partial charge in [0.05, 0.1) is 5.69 Å². The van der Waals surface area contributed by atoms with Crippen LogP contribution in [0, 0.1) is 0 Å². The summed E-state index contributed by atoms with van der Waals surface area (Å²) in [4.78, 5) is 43.9. The van der Waals surface area contributed by atoms with E-state index in [1.807, 2.05) is 23.1 Å². The fourth-order valence-corrected chi connectivity index (χ4v) is 3.96. The van der Waals surface area contributed by atoms with E-state index in [0.717, 1.165) is 26.1 Å². The number of rotatable bonds is 5. The molecular formula is C25H29N7O2. The lowest BCUT2D eigenvalue weighted by atomic mass is 10.1. The monoisotopic (exact) mass is 459 g/mol. The molecule has 0 saturated carbocycles. The van der Waals surface area contributed by atoms with Crippen LogP contribution < -0.4 is 10.2 Å². The Labute approximate surface area is 199 Å². The average molecular weight is 460 g/mol. The standard InChI is InChI=1S/C25H29N7O2/c1-19(2)30-13-6-14-31(16-15-30)23(33)20-9-11-21(12-10-20)29-25(34)32(22-7-4-3-5-8-22)24-27-17-26-18-28-24/h3-5,7-12,17-19H,6,13-16H2,1-2H3,(H,29,34). The first-order valence-corrected chi connectivity index (χ1v) is 11.4. The zero-order valence-electron chi connectivity index (χ0n) is 19.5. The molecule has 34 heavy (non-hydrogen) atoms. The summed E-state index contributed by atoms with van der Waals surface area (Å²) in [5.74, 6) is 0.224. The van der Waals surface area contributed by atoms with Gasteiger partial charge in [-0.15, -0.1) is 0 Å². The second-order valence-electron chi connectivity index (χ2n) is 8.39. The third-order valence-corrected chi connectivity index (χ3v) is 5.83. The van der Waals surface area contributed by atoms with Crippen molar-refractivity contribution in [3.8, 4) is 0 Å². The Morgan fingerprint density at radius 2 is 1.62 bits per heavy atom. The minimum atomic E-state index is -0.419. The van der Waals surface area contributed by atoms with Crippen LogP contribution in [0.3, 0.4) is 0 Å². The summed E-state index contributed by atoms with van der Waals surface area (Å²) in [6, 6.07) is 16.2. The molecule has 0 bridgehead atoms. The second-order valence-corrected chi connectivity index (χ2v) is 8.39. The number of carbonyl (C=O) groups is 2. The van der Waals surface area contributed by atoms with Crippen LogP contribution in [0.2, 0.25) is 0 Å². The number of nitrogens with one attached hydrogen (secondary N) is 1. The first kappa shape index (κ1) is 23.3. The summed E-state index contributed by atoms with van der Waals surface area (Å²) in [7, 11) is 0. The molecule has 0 spiro atoms. The van der Waals surface area contributed by atoms with Gasteiger partial charge in [0.15, 0.2) is 0 Å². The van der Waals surface area contributed by atoms with Crippen molar-refractivity contribution in [1.82, 2.24) is 24.8 Å². The van der Waals surface area contributed by atoms with E-state index in [4.69, 9.17) is 0 Å². The van der Waals surface area contributed by atoms with Gasteiger partial charge in [-0.1, -0.05) is 18.2 Å². The van der Waals surface area contributed by atoms with Crippen molar-refractivity contribution in [1.29, 1.82) is 0 Å². The molecule has 1 aromatic heterocycles. The van der Waals surface area contributed by atoms with Crippen LogP contribution in [0.1, 0.15) is 30.6 Å². The molecule has 0 radical (unpaired) electrons. The molecule has 2 aromatic carbocycles. The van der Waals surface area contributed by atoms with Gasteiger partial charge in [-0.25, -0.2) is 24.6 Å². The number of urea groups is 1. The maximum Gasteiger partial charge on any atom is 0.333 e. The molecule has 0 unspecified atom stereocenters. The van der Waals surface area contributed by atoms with E-state index in [1.54, 1.807) is 36.4 Å². The van der Waals surface area contributed by atoms with Crippen molar-refractivity contribution >= 4 is 29.3 Å². The van der Waals surface area contributed by atoms with Gasteiger partial charge in [-0.3, -0.25) is 9.69 Å². The molecule has 9 nitrogen and oxygen atoms in total. The van der Waals surface area contributed by atoms with Gasteiger partial charge in [0.2, 0.25) is 5.95 Å². The number of aromatic nitrogens is 3. The minimum Gasteiger partial charge on any atom is -0.337 e. The predicted molar refractivity (Wildman–Crippen MR) is 131 cm³/mol. The Morgan fingerprint density at radius 1 is 0.912 bits per heavy atom. The van der Waals surface area contributed by atoms with E-state index in [-0.39, 0.29) is 11.9 Å². The number of carbonyl (C=O) groups excluding carboxylic acids is 2. The van der Waals surface area contributed by atoms with Crippen molar-refractivity contribution in [2.75, 3.05) is 36.4 Å². The number of para-hydroxylation sites is 1. The van der Waals surface area contributed by atoms with Crippen molar-refractivity contribution < 1.29 is 9.59 Å². The Kier molecular flexibility index (Phi) is 7.44. The number of hydrogen-bond donors (Lipinski definition) is 1. The van der Waals surface area contributed by atoms with Crippen LogP contribution >= 0.6 is 0 Å². The number of benzene rings is 2. The van der Waals surface area contributed by atoms with Gasteiger partial charge in [0.1, 0.15) is 12.7 Å². The van der Waals surface area contributed by atoms with Crippen molar-refractivity contribution in [2.24, 2.45) is 0 Å². The second kappa shape index (κ2) is 10.8. The number of nitrogens with zero attached hydrogens (tertiary/aromatic N) is 6. The summed E-state index contributed by atoms with van der Waals surface area (Å²) in [5, 5.41) is 2.87. The third-order valence-electron chi connectivity index (χ3n) is 5.83. The van der Waals surface area contributed by atoms with E-state index >= 15 is 0 Å². The summed E-state index contributed by atoms with van der Waals surface area (Å²) >= 11 is 0. The Balaban J connectivity index is 1.45. The van der Waals surface area contributed by atoms with Gasteiger partial charge in [-0.05, 0) is 56.7 Å². The molecule has 9 heteroatoms. The first-order chi connectivity index (χ1) is 16.5. The highest BCUT2D eigenvalue weighted by molar-refractivity contribution is 6.06. The van der Waals surface area contributed by atoms with Gasteiger partial charge >= 0.3 is 6.03 Å². The van der Waals surface area contributed by atoms with Crippen LogP contribution in [0.5, 0.6) is 0 Å². The quantitative estimate of drug-likeness (QED) is 0.624. The first-order valence-electron chi connectivity index (χ1n) is 11.4. The normalized spacial score (nSPS) is 14.5. The van der Waals surface area contributed by atoms with Crippen molar-refractivity contribution in [3.05, 3.63) is 72.8 Å². The van der Waals surface area contributed by atoms with Crippen LogP contribution in [0.25, 0.3) is 0 Å². The third kappa shape index (κ3) is 5.55. The van der Waals surface area contributed by atoms with Crippen LogP contribution in [0.15, 0.2) is 67.3 Å². The van der Waals surface area contributed by atoms with Crippen molar-refractivity contribution in [3.63, 3.8) is 0 Å². The molecule has 0 aliphatic carbocycles. The van der Waals surface area contributed by atoms with Crippen LogP contribution in [-0.4, -0.2) is 68.9 Å². The molecule has 1 aliphatic heterocycles. The summed E-state index contributed by atoms with van der Waals surface area (Å²) in [5.41, 5.74) is 1.79. The van der Waals surface area contributed by atoms with E-state index in [1.165, 1.54) is 17.6 Å². The maximum absolute atomic E-state index is 13.1. The Morgan fingerprint density at radius 3 is 2.29 bits per heavy atom. The Bertz CT molecular complexity index is 1050. The lowest BCUT2D eigenvalue weighted by Gasteiger charge is -2.25. The molecule has 0 atom stereocenters. The average Bonchev–Trinajstić information content (AvgIpc) is 3.12. The number of amides is 3. The van der Waals surface area contributed by atoms with E-state index in [9.17, 15) is 9.59 Å². The lowest BCUT2D eigenvalue weighted by molar-refractivity contribution is 0.0759. The fraction of sp³-hybridized carbons (Fsp3) is 0.320. The van der Waals surface area contributed by atoms with Gasteiger partial charge < -0.3 is 10.2 Å². The highest BCUT2D eigenvalue weighted by Crippen LogP contribution is 2.23. The van der Waals surface area contributed by atoms with E-state index in [0.29, 0.717) is 29.5 Å². The van der Waals surface area contributed by atoms with Gasteiger partial charge in [0.25, 0.3) is 5.91 Å². The topological polar surface area (TPSA) is 94.6 Å². The zero-order valence-corrected chi connectivity index (χ0v) is 19.5. The predicted octanol–water partition coefficient (Wildman–Crippen LogP) is 3.80. The van der Waals surface area contributed by atoms with Gasteiger partial charge in [-0.2, -0.15) is 0 Å². The molecule has 3 amide bonds. The molecule has 1 saturated heterocycles. The molecule has 1 aliphatic rings. The molecule has 3 aromatic rings. The van der Waals surface area contributed by atoms with E-state index < -0.39 is 6.03 Å². The summed E-state index contributed by atoms with van der Waals surface area (Å²) in [6.45, 7) is 7.72. The van der Waals surface area contributed by atoms with Crippen LogP contribution in [0.4, 0.5) is 22.1 Å². The molecule has 1 fully saturated rings. The van der Waals surface area contributed by atoms with Gasteiger partial charge in [0, 0.05) is 43.5 Å². The minimum absolute atomic E-state index is 0.0135. The molecule has 176 valence electrons. The summed E-state index contributed by atoms with van der Waals surface area (Å²) in [6.07, 6.45) is 3.65. The summed E-state index contributed by atoms with van der Waals surface area (Å²) < 4.78 is 0. The number of hydrogen-bond acceptors (Lipinski definition) is 6.